The number of piperidine rings is 1. The van der Waals surface area contributed by atoms with Crippen molar-refractivity contribution < 1.29 is 14.6 Å². The monoisotopic (exact) mass is 244 g/mol. The number of rotatable bonds is 7. The molecule has 100 valence electrons. The topological polar surface area (TPSA) is 61.8 Å². The molecule has 0 spiro atoms. The second-order valence-corrected chi connectivity index (χ2v) is 4.63. The van der Waals surface area contributed by atoms with Crippen LogP contribution >= 0.6 is 0 Å². The molecule has 0 saturated carbocycles. The van der Waals surface area contributed by atoms with E-state index in [0.29, 0.717) is 5.92 Å². The molecule has 1 heterocycles. The van der Waals surface area contributed by atoms with E-state index in [1.165, 1.54) is 7.11 Å². The predicted octanol–water partition coefficient (Wildman–Crippen LogP) is 0.408. The van der Waals surface area contributed by atoms with Gasteiger partial charge in [-0.05, 0) is 44.9 Å². The van der Waals surface area contributed by atoms with Crippen molar-refractivity contribution in [1.82, 2.24) is 10.2 Å². The van der Waals surface area contributed by atoms with Crippen LogP contribution in [0.15, 0.2) is 0 Å². The third-order valence-electron chi connectivity index (χ3n) is 3.44. The molecule has 0 radical (unpaired) electrons. The number of ether oxygens (including phenoxy) is 1. The maximum absolute atomic E-state index is 10.9. The van der Waals surface area contributed by atoms with Crippen LogP contribution < -0.4 is 5.32 Å². The van der Waals surface area contributed by atoms with Crippen LogP contribution in [0.3, 0.4) is 0 Å². The number of nitrogens with one attached hydrogen (secondary N) is 1. The van der Waals surface area contributed by atoms with Gasteiger partial charge in [0.05, 0.1) is 6.61 Å². The molecule has 1 saturated heterocycles. The van der Waals surface area contributed by atoms with E-state index >= 15 is 0 Å². The lowest BCUT2D eigenvalue weighted by molar-refractivity contribution is -0.140. The molecule has 0 aromatic rings. The molecule has 1 unspecified atom stereocenters. The Morgan fingerprint density at radius 1 is 1.53 bits per heavy atom. The first-order valence-electron chi connectivity index (χ1n) is 6.34. The van der Waals surface area contributed by atoms with E-state index in [2.05, 4.69) is 17.1 Å². The van der Waals surface area contributed by atoms with Crippen LogP contribution in [0, 0.1) is 5.92 Å². The molecule has 0 aromatic heterocycles. The second-order valence-electron chi connectivity index (χ2n) is 4.63. The smallest absolute Gasteiger partial charge is 0.323 e. The lowest BCUT2D eigenvalue weighted by atomic mass is 9.96. The van der Waals surface area contributed by atoms with E-state index in [4.69, 9.17) is 9.84 Å². The Hall–Kier alpha value is -0.650. The Labute approximate surface area is 103 Å². The number of carbonyl (C=O) groups is 1. The number of aliphatic carboxylic acids is 1. The third-order valence-corrected chi connectivity index (χ3v) is 3.44. The Morgan fingerprint density at radius 3 is 2.65 bits per heavy atom. The molecule has 0 bridgehead atoms. The molecule has 5 heteroatoms. The van der Waals surface area contributed by atoms with Gasteiger partial charge >= 0.3 is 5.97 Å². The molecule has 0 amide bonds. The minimum atomic E-state index is -0.835. The minimum absolute atomic E-state index is 0.225. The quantitative estimate of drug-likeness (QED) is 0.679. The Morgan fingerprint density at radius 2 is 2.18 bits per heavy atom. The fraction of sp³-hybridized carbons (Fsp3) is 0.917. The van der Waals surface area contributed by atoms with Gasteiger partial charge in [-0.25, -0.2) is 0 Å². The zero-order valence-electron chi connectivity index (χ0n) is 10.8. The molecule has 1 rings (SSSR count). The Kier molecular flexibility index (Phi) is 6.47. The highest BCUT2D eigenvalue weighted by atomic mass is 16.5. The summed E-state index contributed by atoms with van der Waals surface area (Å²) in [6.07, 6.45) is 2.31. The van der Waals surface area contributed by atoms with Crippen LogP contribution in [0.1, 0.15) is 19.8 Å². The fourth-order valence-electron chi connectivity index (χ4n) is 2.20. The lowest BCUT2D eigenvalue weighted by Crippen LogP contribution is -2.44. The first kappa shape index (κ1) is 14.4. The molecule has 1 atom stereocenters. The zero-order chi connectivity index (χ0) is 12.7. The molecule has 1 aliphatic heterocycles. The van der Waals surface area contributed by atoms with Gasteiger partial charge in [0.1, 0.15) is 6.04 Å². The highest BCUT2D eigenvalue weighted by molar-refractivity contribution is 5.73. The highest BCUT2D eigenvalue weighted by Crippen LogP contribution is 2.15. The number of likely N-dealkylation sites (tertiary alicyclic amines) is 1. The van der Waals surface area contributed by atoms with E-state index < -0.39 is 12.0 Å². The highest BCUT2D eigenvalue weighted by Gasteiger charge is 2.21. The van der Waals surface area contributed by atoms with Gasteiger partial charge in [0.25, 0.3) is 0 Å². The van der Waals surface area contributed by atoms with Crippen LogP contribution in [-0.2, 0) is 9.53 Å². The van der Waals surface area contributed by atoms with Crippen molar-refractivity contribution in [3.05, 3.63) is 0 Å². The lowest BCUT2D eigenvalue weighted by Gasteiger charge is -2.31. The fourth-order valence-corrected chi connectivity index (χ4v) is 2.20. The normalized spacial score (nSPS) is 20.4. The number of nitrogens with zero attached hydrogens (tertiary/aromatic N) is 1. The van der Waals surface area contributed by atoms with Gasteiger partial charge in [-0.3, -0.25) is 4.79 Å². The van der Waals surface area contributed by atoms with Crippen molar-refractivity contribution in [1.29, 1.82) is 0 Å². The molecular formula is C12H24N2O3. The van der Waals surface area contributed by atoms with Gasteiger partial charge < -0.3 is 20.1 Å². The van der Waals surface area contributed by atoms with E-state index in [1.54, 1.807) is 0 Å². The van der Waals surface area contributed by atoms with Gasteiger partial charge in [-0.15, -0.1) is 0 Å². The number of hydrogen-bond acceptors (Lipinski definition) is 4. The van der Waals surface area contributed by atoms with E-state index in [-0.39, 0.29) is 6.61 Å². The first-order chi connectivity index (χ1) is 8.17. The maximum atomic E-state index is 10.9. The number of methoxy groups -OCH3 is 1. The van der Waals surface area contributed by atoms with E-state index in [1.807, 2.05) is 0 Å². The standard InChI is InChI=1S/C12H24N2O3/c1-3-14-6-4-10(5-7-14)8-13-11(9-17-2)12(15)16/h10-11,13H,3-9H2,1-2H3,(H,15,16). The van der Waals surface area contributed by atoms with Crippen LogP contribution in [0.4, 0.5) is 0 Å². The number of carboxylic acids is 1. The number of carboxylic acid groups (broad SMARTS) is 1. The van der Waals surface area contributed by atoms with E-state index in [9.17, 15) is 4.79 Å². The maximum Gasteiger partial charge on any atom is 0.323 e. The average molecular weight is 244 g/mol. The molecule has 1 aliphatic rings. The van der Waals surface area contributed by atoms with Gasteiger partial charge in [-0.1, -0.05) is 6.92 Å². The second kappa shape index (κ2) is 7.63. The molecule has 0 aliphatic carbocycles. The predicted molar refractivity (Wildman–Crippen MR) is 66.1 cm³/mol. The summed E-state index contributed by atoms with van der Waals surface area (Å²) in [4.78, 5) is 13.3. The van der Waals surface area contributed by atoms with Crippen molar-refractivity contribution in [2.45, 2.75) is 25.8 Å². The van der Waals surface area contributed by atoms with Crippen molar-refractivity contribution in [3.8, 4) is 0 Å². The van der Waals surface area contributed by atoms with Crippen LogP contribution in [-0.4, -0.2) is 61.9 Å². The summed E-state index contributed by atoms with van der Waals surface area (Å²) < 4.78 is 4.89. The van der Waals surface area contributed by atoms with Crippen LogP contribution in [0.2, 0.25) is 0 Å². The third kappa shape index (κ3) is 5.02. The molecule has 1 fully saturated rings. The van der Waals surface area contributed by atoms with Crippen LogP contribution in [0.25, 0.3) is 0 Å². The summed E-state index contributed by atoms with van der Waals surface area (Å²) in [5, 5.41) is 12.0. The summed E-state index contributed by atoms with van der Waals surface area (Å²) in [6, 6.07) is -0.579. The van der Waals surface area contributed by atoms with Gasteiger partial charge in [0, 0.05) is 7.11 Å². The summed E-state index contributed by atoms with van der Waals surface area (Å²) in [7, 11) is 1.53. The number of hydrogen-bond donors (Lipinski definition) is 2. The van der Waals surface area contributed by atoms with Gasteiger partial charge in [0.2, 0.25) is 0 Å². The van der Waals surface area contributed by atoms with E-state index in [0.717, 1.165) is 39.0 Å². The summed E-state index contributed by atoms with van der Waals surface area (Å²) >= 11 is 0. The van der Waals surface area contributed by atoms with Gasteiger partial charge in [-0.2, -0.15) is 0 Å². The molecule has 2 N–H and O–H groups in total. The van der Waals surface area contributed by atoms with Crippen molar-refractivity contribution in [2.75, 3.05) is 39.9 Å². The minimum Gasteiger partial charge on any atom is -0.480 e. The molecule has 5 nitrogen and oxygen atoms in total. The summed E-state index contributed by atoms with van der Waals surface area (Å²) in [6.45, 7) is 6.55. The Bertz CT molecular complexity index is 228. The first-order valence-corrected chi connectivity index (χ1v) is 6.34. The van der Waals surface area contributed by atoms with Crippen LogP contribution in [0.5, 0.6) is 0 Å². The molecular weight excluding hydrogens is 220 g/mol. The van der Waals surface area contributed by atoms with Gasteiger partial charge in [0.15, 0.2) is 0 Å². The summed E-state index contributed by atoms with van der Waals surface area (Å²) in [5.41, 5.74) is 0. The SMILES string of the molecule is CCN1CCC(CNC(COC)C(=O)O)CC1. The summed E-state index contributed by atoms with van der Waals surface area (Å²) in [5.74, 6) is -0.241. The molecule has 0 aromatic carbocycles. The largest absolute Gasteiger partial charge is 0.480 e. The van der Waals surface area contributed by atoms with Crippen molar-refractivity contribution in [3.63, 3.8) is 0 Å². The van der Waals surface area contributed by atoms with Crippen molar-refractivity contribution >= 4 is 5.97 Å². The molecule has 17 heavy (non-hydrogen) atoms. The zero-order valence-corrected chi connectivity index (χ0v) is 10.8. The Balaban J connectivity index is 2.23. The van der Waals surface area contributed by atoms with Crippen molar-refractivity contribution in [2.24, 2.45) is 5.92 Å². The average Bonchev–Trinajstić information content (AvgIpc) is 2.34.